The van der Waals surface area contributed by atoms with Crippen LogP contribution in [0.2, 0.25) is 0 Å². The number of fused-ring (bicyclic) bond motifs is 1. The molecule has 2 aromatic rings. The number of aromatic nitrogens is 1. The molecule has 1 aromatic carbocycles. The maximum Gasteiger partial charge on any atom is 0.141 e. The van der Waals surface area contributed by atoms with Crippen LogP contribution in [-0.2, 0) is 0 Å². The number of benzene rings is 1. The van der Waals surface area contributed by atoms with Crippen molar-refractivity contribution >= 4 is 10.9 Å². The quantitative estimate of drug-likeness (QED) is 0.607. The van der Waals surface area contributed by atoms with E-state index in [0.29, 0.717) is 11.2 Å². The highest BCUT2D eigenvalue weighted by atomic mass is 16.3. The molecule has 0 bridgehead atoms. The van der Waals surface area contributed by atoms with Gasteiger partial charge in [0.25, 0.3) is 0 Å². The molecular weight excluding hydrogens is 286 g/mol. The van der Waals surface area contributed by atoms with Crippen molar-refractivity contribution in [1.82, 2.24) is 4.98 Å². The monoisotopic (exact) mass is 315 g/mol. The first-order chi connectivity index (χ1) is 11.1. The molecule has 0 radical (unpaired) electrons. The molecule has 0 saturated heterocycles. The maximum atomic E-state index is 10.3. The van der Waals surface area contributed by atoms with Gasteiger partial charge >= 0.3 is 0 Å². The van der Waals surface area contributed by atoms with Crippen LogP contribution in [0.25, 0.3) is 10.9 Å². The zero-order valence-corrected chi connectivity index (χ0v) is 14.4. The van der Waals surface area contributed by atoms with Crippen LogP contribution in [0.5, 0.6) is 5.75 Å². The second kappa shape index (κ2) is 8.88. The lowest BCUT2D eigenvalue weighted by atomic mass is 10.0. The minimum absolute atomic E-state index is 0.176. The van der Waals surface area contributed by atoms with E-state index in [2.05, 4.69) is 11.9 Å². The summed E-state index contributed by atoms with van der Waals surface area (Å²) in [5.74, 6) is 0.176. The van der Waals surface area contributed by atoms with Crippen LogP contribution in [-0.4, -0.2) is 15.2 Å². The third-order valence-corrected chi connectivity index (χ3v) is 4.50. The van der Waals surface area contributed by atoms with E-state index in [1.807, 2.05) is 25.1 Å². The number of aliphatic hydroxyl groups excluding tert-OH is 1. The van der Waals surface area contributed by atoms with E-state index in [-0.39, 0.29) is 5.75 Å². The zero-order valence-electron chi connectivity index (χ0n) is 14.4. The van der Waals surface area contributed by atoms with Gasteiger partial charge in [-0.2, -0.15) is 0 Å². The van der Waals surface area contributed by atoms with Crippen LogP contribution in [0, 0.1) is 6.92 Å². The Hall–Kier alpha value is -1.61. The second-order valence-electron chi connectivity index (χ2n) is 6.46. The van der Waals surface area contributed by atoms with Gasteiger partial charge < -0.3 is 10.2 Å². The van der Waals surface area contributed by atoms with Gasteiger partial charge in [-0.15, -0.1) is 0 Å². The van der Waals surface area contributed by atoms with Crippen LogP contribution in [0.1, 0.15) is 75.7 Å². The lowest BCUT2D eigenvalue weighted by molar-refractivity contribution is 0.159. The van der Waals surface area contributed by atoms with E-state index in [0.717, 1.165) is 23.8 Å². The molecule has 0 spiro atoms. The molecule has 23 heavy (non-hydrogen) atoms. The average Bonchev–Trinajstić information content (AvgIpc) is 2.57. The molecule has 1 atom stereocenters. The Kier molecular flexibility index (Phi) is 6.85. The van der Waals surface area contributed by atoms with E-state index in [4.69, 9.17) is 0 Å². The summed E-state index contributed by atoms with van der Waals surface area (Å²) < 4.78 is 0. The Morgan fingerprint density at radius 3 is 2.39 bits per heavy atom. The SMILES string of the molecule is CCCCCCCCCC(O)c1ccc2c(C)ccc(O)c2n1. The number of phenols is 1. The Morgan fingerprint density at radius 1 is 0.957 bits per heavy atom. The van der Waals surface area contributed by atoms with E-state index >= 15 is 0 Å². The summed E-state index contributed by atoms with van der Waals surface area (Å²) in [7, 11) is 0. The van der Waals surface area contributed by atoms with Crippen LogP contribution in [0.4, 0.5) is 0 Å². The smallest absolute Gasteiger partial charge is 0.141 e. The molecule has 0 aliphatic carbocycles. The van der Waals surface area contributed by atoms with Crippen molar-refractivity contribution in [2.24, 2.45) is 0 Å². The van der Waals surface area contributed by atoms with Crippen LogP contribution >= 0.6 is 0 Å². The van der Waals surface area contributed by atoms with Crippen molar-refractivity contribution in [3.05, 3.63) is 35.5 Å². The third-order valence-electron chi connectivity index (χ3n) is 4.50. The summed E-state index contributed by atoms with van der Waals surface area (Å²) in [6.07, 6.45) is 8.85. The van der Waals surface area contributed by atoms with Crippen molar-refractivity contribution in [3.8, 4) is 5.75 Å². The molecule has 0 fully saturated rings. The minimum atomic E-state index is -0.546. The predicted octanol–water partition coefficient (Wildman–Crippen LogP) is 5.42. The van der Waals surface area contributed by atoms with E-state index < -0.39 is 6.10 Å². The largest absolute Gasteiger partial charge is 0.506 e. The van der Waals surface area contributed by atoms with Gasteiger partial charge in [-0.3, -0.25) is 0 Å². The topological polar surface area (TPSA) is 53.4 Å². The van der Waals surface area contributed by atoms with Gasteiger partial charge in [0.2, 0.25) is 0 Å². The fourth-order valence-electron chi connectivity index (χ4n) is 2.99. The summed E-state index contributed by atoms with van der Waals surface area (Å²) in [5, 5.41) is 21.3. The minimum Gasteiger partial charge on any atom is -0.506 e. The van der Waals surface area contributed by atoms with Gasteiger partial charge in [-0.05, 0) is 31.0 Å². The zero-order chi connectivity index (χ0) is 16.7. The molecule has 1 unspecified atom stereocenters. The van der Waals surface area contributed by atoms with Crippen LogP contribution in [0.15, 0.2) is 24.3 Å². The van der Waals surface area contributed by atoms with Crippen molar-refractivity contribution in [1.29, 1.82) is 0 Å². The summed E-state index contributed by atoms with van der Waals surface area (Å²) in [4.78, 5) is 4.47. The summed E-state index contributed by atoms with van der Waals surface area (Å²) in [5.41, 5.74) is 2.32. The average molecular weight is 315 g/mol. The Morgan fingerprint density at radius 2 is 1.65 bits per heavy atom. The lowest BCUT2D eigenvalue weighted by Gasteiger charge is -2.12. The van der Waals surface area contributed by atoms with Crippen LogP contribution in [0.3, 0.4) is 0 Å². The second-order valence-corrected chi connectivity index (χ2v) is 6.46. The van der Waals surface area contributed by atoms with Gasteiger partial charge in [0.15, 0.2) is 0 Å². The standard InChI is InChI=1S/C20H29NO2/c1-3-4-5-6-7-8-9-10-18(22)17-13-12-16-15(2)11-14-19(23)20(16)21-17/h11-14,18,22-23H,3-10H2,1-2H3. The fraction of sp³-hybridized carbons (Fsp3) is 0.550. The molecule has 0 aliphatic heterocycles. The highest BCUT2D eigenvalue weighted by Gasteiger charge is 2.12. The van der Waals surface area contributed by atoms with Crippen molar-refractivity contribution < 1.29 is 10.2 Å². The highest BCUT2D eigenvalue weighted by molar-refractivity contribution is 5.87. The number of aryl methyl sites for hydroxylation is 1. The number of hydrogen-bond acceptors (Lipinski definition) is 3. The lowest BCUT2D eigenvalue weighted by Crippen LogP contribution is -2.01. The summed E-state index contributed by atoms with van der Waals surface area (Å²) in [6, 6.07) is 7.37. The predicted molar refractivity (Wildman–Crippen MR) is 95.7 cm³/mol. The molecule has 1 aromatic heterocycles. The first kappa shape index (κ1) is 17.7. The molecular formula is C20H29NO2. The Labute approximate surface area is 139 Å². The Balaban J connectivity index is 1.89. The van der Waals surface area contributed by atoms with Gasteiger partial charge in [-0.1, -0.05) is 64.0 Å². The molecule has 3 nitrogen and oxygen atoms in total. The molecule has 0 saturated carbocycles. The van der Waals surface area contributed by atoms with Gasteiger partial charge in [-0.25, -0.2) is 4.98 Å². The summed E-state index contributed by atoms with van der Waals surface area (Å²) >= 11 is 0. The third kappa shape index (κ3) is 4.93. The van der Waals surface area contributed by atoms with Crippen molar-refractivity contribution in [3.63, 3.8) is 0 Å². The molecule has 0 amide bonds. The summed E-state index contributed by atoms with van der Waals surface area (Å²) in [6.45, 7) is 4.23. The normalized spacial score (nSPS) is 12.7. The van der Waals surface area contributed by atoms with E-state index in [1.54, 1.807) is 6.07 Å². The first-order valence-corrected chi connectivity index (χ1v) is 8.90. The first-order valence-electron chi connectivity index (χ1n) is 8.90. The molecule has 0 aliphatic rings. The van der Waals surface area contributed by atoms with Crippen molar-refractivity contribution in [2.75, 3.05) is 0 Å². The Bertz CT molecular complexity index is 624. The number of nitrogens with zero attached hydrogens (tertiary/aromatic N) is 1. The van der Waals surface area contributed by atoms with E-state index in [1.165, 1.54) is 38.5 Å². The van der Waals surface area contributed by atoms with E-state index in [9.17, 15) is 10.2 Å². The molecule has 2 N–H and O–H groups in total. The maximum absolute atomic E-state index is 10.3. The number of pyridine rings is 1. The number of aromatic hydroxyl groups is 1. The van der Waals surface area contributed by atoms with Crippen molar-refractivity contribution in [2.45, 2.75) is 71.3 Å². The number of rotatable bonds is 9. The number of aliphatic hydroxyl groups is 1. The van der Waals surface area contributed by atoms with Gasteiger partial charge in [0.05, 0.1) is 11.8 Å². The fourth-order valence-corrected chi connectivity index (χ4v) is 2.99. The molecule has 3 heteroatoms. The van der Waals surface area contributed by atoms with Gasteiger partial charge in [0, 0.05) is 5.39 Å². The number of hydrogen-bond donors (Lipinski definition) is 2. The molecule has 126 valence electrons. The molecule has 2 rings (SSSR count). The van der Waals surface area contributed by atoms with Crippen LogP contribution < -0.4 is 0 Å². The highest BCUT2D eigenvalue weighted by Crippen LogP contribution is 2.28. The molecule has 1 heterocycles. The number of unbranched alkanes of at least 4 members (excludes halogenated alkanes) is 6. The van der Waals surface area contributed by atoms with Gasteiger partial charge in [0.1, 0.15) is 11.3 Å². The number of phenolic OH excluding ortho intramolecular Hbond substituents is 1.